The van der Waals surface area contributed by atoms with E-state index in [2.05, 4.69) is 0 Å². The molecular weight excluding hydrogens is 232 g/mol. The summed E-state index contributed by atoms with van der Waals surface area (Å²) in [5, 5.41) is 12.4. The number of methoxy groups -OCH3 is 1. The van der Waals surface area contributed by atoms with Crippen LogP contribution in [0, 0.1) is 13.8 Å². The zero-order valence-electron chi connectivity index (χ0n) is 10.2. The highest BCUT2D eigenvalue weighted by molar-refractivity contribution is 7.10. The van der Waals surface area contributed by atoms with Gasteiger partial charge in [0.05, 0.1) is 7.11 Å². The lowest BCUT2D eigenvalue weighted by atomic mass is 9.99. The number of ether oxygens (including phenoxy) is 1. The number of aliphatic hydroxyl groups is 1. The summed E-state index contributed by atoms with van der Waals surface area (Å²) in [6.07, 6.45) is -0.615. The van der Waals surface area contributed by atoms with Gasteiger partial charge >= 0.3 is 0 Å². The van der Waals surface area contributed by atoms with Crippen molar-refractivity contribution in [3.05, 3.63) is 51.2 Å². The minimum atomic E-state index is -0.615. The highest BCUT2D eigenvalue weighted by Gasteiger charge is 2.17. The first kappa shape index (κ1) is 12.1. The van der Waals surface area contributed by atoms with Crippen LogP contribution in [0.15, 0.2) is 29.6 Å². The van der Waals surface area contributed by atoms with Gasteiger partial charge in [-0.1, -0.05) is 11.6 Å². The Labute approximate surface area is 105 Å². The molecule has 1 aromatic heterocycles. The van der Waals surface area contributed by atoms with Gasteiger partial charge in [0.1, 0.15) is 11.9 Å². The van der Waals surface area contributed by atoms with Crippen LogP contribution >= 0.6 is 11.3 Å². The first-order valence-electron chi connectivity index (χ1n) is 5.50. The molecule has 0 spiro atoms. The molecule has 0 radical (unpaired) electrons. The summed E-state index contributed by atoms with van der Waals surface area (Å²) in [7, 11) is 1.63. The molecule has 0 bridgehead atoms. The van der Waals surface area contributed by atoms with Crippen molar-refractivity contribution in [2.24, 2.45) is 0 Å². The van der Waals surface area contributed by atoms with Gasteiger partial charge in [-0.2, -0.15) is 0 Å². The number of hydrogen-bond donors (Lipinski definition) is 1. The van der Waals surface area contributed by atoms with Gasteiger partial charge in [0.25, 0.3) is 0 Å². The zero-order valence-corrected chi connectivity index (χ0v) is 11.0. The van der Waals surface area contributed by atoms with Gasteiger partial charge in [0, 0.05) is 10.4 Å². The summed E-state index contributed by atoms with van der Waals surface area (Å²) >= 11 is 1.64. The molecule has 2 nitrogen and oxygen atoms in total. The van der Waals surface area contributed by atoms with E-state index < -0.39 is 6.10 Å². The largest absolute Gasteiger partial charge is 0.496 e. The predicted octanol–water partition coefficient (Wildman–Crippen LogP) is 3.46. The fourth-order valence-electron chi connectivity index (χ4n) is 1.91. The maximum atomic E-state index is 10.4. The van der Waals surface area contributed by atoms with Crippen LogP contribution in [-0.2, 0) is 0 Å². The topological polar surface area (TPSA) is 29.5 Å². The van der Waals surface area contributed by atoms with Crippen molar-refractivity contribution >= 4 is 11.3 Å². The van der Waals surface area contributed by atoms with Crippen LogP contribution in [0.5, 0.6) is 5.75 Å². The second kappa shape index (κ2) is 4.90. The molecule has 90 valence electrons. The Bertz CT molecular complexity index is 517. The second-order valence-electron chi connectivity index (χ2n) is 4.08. The van der Waals surface area contributed by atoms with Gasteiger partial charge in [-0.15, -0.1) is 11.3 Å². The average Bonchev–Trinajstić information content (AvgIpc) is 2.74. The number of thiophene rings is 1. The van der Waals surface area contributed by atoms with Crippen LogP contribution in [0.2, 0.25) is 0 Å². The average molecular weight is 248 g/mol. The summed E-state index contributed by atoms with van der Waals surface area (Å²) in [6.45, 7) is 4.03. The molecule has 0 aliphatic carbocycles. The van der Waals surface area contributed by atoms with Crippen molar-refractivity contribution in [1.82, 2.24) is 0 Å². The highest BCUT2D eigenvalue weighted by atomic mass is 32.1. The predicted molar refractivity (Wildman–Crippen MR) is 70.8 cm³/mol. The molecule has 1 N–H and O–H groups in total. The molecule has 1 unspecified atom stereocenters. The highest BCUT2D eigenvalue weighted by Crippen LogP contribution is 2.33. The Hall–Kier alpha value is -1.32. The molecule has 0 amide bonds. The second-order valence-corrected chi connectivity index (χ2v) is 5.20. The summed E-state index contributed by atoms with van der Waals surface area (Å²) in [6, 6.07) is 7.82. The fourth-order valence-corrected chi connectivity index (χ4v) is 2.65. The normalized spacial score (nSPS) is 12.5. The number of aryl methyl sites for hydroxylation is 2. The van der Waals surface area contributed by atoms with Gasteiger partial charge in [-0.3, -0.25) is 0 Å². The van der Waals surface area contributed by atoms with Crippen molar-refractivity contribution < 1.29 is 9.84 Å². The van der Waals surface area contributed by atoms with Crippen LogP contribution in [0.3, 0.4) is 0 Å². The molecular formula is C14H16O2S. The molecule has 1 atom stereocenters. The summed E-state index contributed by atoms with van der Waals surface area (Å²) in [5.41, 5.74) is 2.90. The van der Waals surface area contributed by atoms with E-state index in [0.29, 0.717) is 0 Å². The lowest BCUT2D eigenvalue weighted by molar-refractivity contribution is 0.214. The van der Waals surface area contributed by atoms with Crippen molar-refractivity contribution in [3.8, 4) is 5.75 Å². The fraction of sp³-hybridized carbons (Fsp3) is 0.286. The molecule has 0 fully saturated rings. The molecule has 2 aromatic rings. The maximum absolute atomic E-state index is 10.4. The first-order valence-corrected chi connectivity index (χ1v) is 6.38. The Kier molecular flexibility index (Phi) is 3.50. The molecule has 17 heavy (non-hydrogen) atoms. The van der Waals surface area contributed by atoms with Crippen LogP contribution in [0.1, 0.15) is 27.7 Å². The van der Waals surface area contributed by atoms with Gasteiger partial charge in [-0.05, 0) is 43.0 Å². The third-order valence-corrected chi connectivity index (χ3v) is 3.73. The Balaban J connectivity index is 2.46. The van der Waals surface area contributed by atoms with Crippen molar-refractivity contribution in [1.29, 1.82) is 0 Å². The van der Waals surface area contributed by atoms with E-state index in [4.69, 9.17) is 4.74 Å². The van der Waals surface area contributed by atoms with Crippen LogP contribution in [0.4, 0.5) is 0 Å². The van der Waals surface area contributed by atoms with E-state index in [9.17, 15) is 5.11 Å². The molecule has 0 aliphatic rings. The number of hydrogen-bond acceptors (Lipinski definition) is 3. The quantitative estimate of drug-likeness (QED) is 0.901. The van der Waals surface area contributed by atoms with Crippen LogP contribution < -0.4 is 4.74 Å². The number of aliphatic hydroxyl groups excluding tert-OH is 1. The molecule has 2 rings (SSSR count). The zero-order chi connectivity index (χ0) is 12.4. The minimum absolute atomic E-state index is 0.615. The smallest absolute Gasteiger partial charge is 0.125 e. The van der Waals surface area contributed by atoms with E-state index in [-0.39, 0.29) is 0 Å². The summed E-state index contributed by atoms with van der Waals surface area (Å²) < 4.78 is 5.30. The van der Waals surface area contributed by atoms with E-state index in [1.807, 2.05) is 43.5 Å². The first-order chi connectivity index (χ1) is 8.13. The Morgan fingerprint density at radius 2 is 1.94 bits per heavy atom. The monoisotopic (exact) mass is 248 g/mol. The molecule has 0 saturated heterocycles. The van der Waals surface area contributed by atoms with Crippen molar-refractivity contribution in [3.63, 3.8) is 0 Å². The SMILES string of the molecule is COc1ccc(C)cc1C(O)c1ccsc1C. The van der Waals surface area contributed by atoms with E-state index in [0.717, 1.165) is 27.3 Å². The molecule has 0 saturated carbocycles. The van der Waals surface area contributed by atoms with E-state index in [1.165, 1.54) is 0 Å². The van der Waals surface area contributed by atoms with Gasteiger partial charge in [-0.25, -0.2) is 0 Å². The third-order valence-electron chi connectivity index (χ3n) is 2.87. The van der Waals surface area contributed by atoms with Crippen molar-refractivity contribution in [2.45, 2.75) is 20.0 Å². The number of benzene rings is 1. The summed E-state index contributed by atoms with van der Waals surface area (Å²) in [5.74, 6) is 0.730. The van der Waals surface area contributed by atoms with Gasteiger partial charge in [0.15, 0.2) is 0 Å². The van der Waals surface area contributed by atoms with Gasteiger partial charge in [0.2, 0.25) is 0 Å². The van der Waals surface area contributed by atoms with E-state index >= 15 is 0 Å². The molecule has 1 heterocycles. The maximum Gasteiger partial charge on any atom is 0.125 e. The standard InChI is InChI=1S/C14H16O2S/c1-9-4-5-13(16-3)12(8-9)14(15)11-6-7-17-10(11)2/h4-8,14-15H,1-3H3. The lowest BCUT2D eigenvalue weighted by Crippen LogP contribution is -2.03. The molecule has 0 aliphatic heterocycles. The Morgan fingerprint density at radius 1 is 1.18 bits per heavy atom. The summed E-state index contributed by atoms with van der Waals surface area (Å²) in [4.78, 5) is 1.14. The van der Waals surface area contributed by atoms with Crippen LogP contribution in [0.25, 0.3) is 0 Å². The van der Waals surface area contributed by atoms with Crippen LogP contribution in [-0.4, -0.2) is 12.2 Å². The Morgan fingerprint density at radius 3 is 2.53 bits per heavy atom. The van der Waals surface area contributed by atoms with Crippen molar-refractivity contribution in [2.75, 3.05) is 7.11 Å². The lowest BCUT2D eigenvalue weighted by Gasteiger charge is -2.15. The third kappa shape index (κ3) is 2.35. The molecule has 1 aromatic carbocycles. The molecule has 3 heteroatoms. The number of rotatable bonds is 3. The van der Waals surface area contributed by atoms with Gasteiger partial charge < -0.3 is 9.84 Å². The van der Waals surface area contributed by atoms with E-state index in [1.54, 1.807) is 18.4 Å². The minimum Gasteiger partial charge on any atom is -0.496 e.